The first-order valence-corrected chi connectivity index (χ1v) is 9.54. The lowest BCUT2D eigenvalue weighted by atomic mass is 9.47. The lowest BCUT2D eigenvalue weighted by molar-refractivity contribution is -0.344. The van der Waals surface area contributed by atoms with E-state index < -0.39 is 11.9 Å². The van der Waals surface area contributed by atoms with Crippen LogP contribution in [0.25, 0.3) is 0 Å². The molecule has 1 aromatic carbocycles. The van der Waals surface area contributed by atoms with Gasteiger partial charge in [0.1, 0.15) is 18.5 Å². The maximum atomic E-state index is 10.5. The second-order valence-electron chi connectivity index (χ2n) is 7.94. The van der Waals surface area contributed by atoms with Crippen molar-refractivity contribution in [3.05, 3.63) is 42.5 Å². The van der Waals surface area contributed by atoms with E-state index in [9.17, 15) is 10.2 Å². The van der Waals surface area contributed by atoms with Gasteiger partial charge in [0.05, 0.1) is 19.3 Å². The molecule has 5 heteroatoms. The third-order valence-corrected chi connectivity index (χ3v) is 6.52. The Morgan fingerprint density at radius 2 is 2.00 bits per heavy atom. The van der Waals surface area contributed by atoms with Gasteiger partial charge in [-0.2, -0.15) is 0 Å². The van der Waals surface area contributed by atoms with E-state index in [0.717, 1.165) is 25.0 Å². The molecule has 2 aliphatic carbocycles. The van der Waals surface area contributed by atoms with Gasteiger partial charge in [-0.3, -0.25) is 0 Å². The summed E-state index contributed by atoms with van der Waals surface area (Å²) in [4.78, 5) is 0. The number of ether oxygens (including phenoxy) is 3. The molecule has 5 nitrogen and oxygen atoms in total. The highest BCUT2D eigenvalue weighted by Crippen LogP contribution is 2.66. The number of fused-ring (bicyclic) bond motifs is 2. The molecule has 0 bridgehead atoms. The molecule has 4 rings (SSSR count). The first-order chi connectivity index (χ1) is 12.5. The first-order valence-electron chi connectivity index (χ1n) is 9.54. The Morgan fingerprint density at radius 3 is 2.73 bits per heavy atom. The van der Waals surface area contributed by atoms with Crippen LogP contribution >= 0.6 is 0 Å². The highest BCUT2D eigenvalue weighted by atomic mass is 16.7. The summed E-state index contributed by atoms with van der Waals surface area (Å²) >= 11 is 0. The molecular formula is C21H28O5. The van der Waals surface area contributed by atoms with Crippen molar-refractivity contribution in [3.8, 4) is 5.75 Å². The molecule has 0 amide bonds. The Morgan fingerprint density at radius 1 is 1.27 bits per heavy atom. The standard InChI is InChI=1S/C21H28O5/c1-20-10-9-19(23)17(18(20)13-21(20)25-11-12-26-21)8-7-15(22)14-24-16-5-3-2-4-6-16/h2-8,15,17-19,22-23H,9-14H2,1H3/b8-7+/t15-,17-,18-,19-,20+/m0/s1. The maximum Gasteiger partial charge on any atom is 0.174 e. The van der Waals surface area contributed by atoms with E-state index in [1.165, 1.54) is 0 Å². The van der Waals surface area contributed by atoms with Crippen molar-refractivity contribution in [2.75, 3.05) is 19.8 Å². The molecule has 5 atom stereocenters. The zero-order chi connectivity index (χ0) is 18.2. The third kappa shape index (κ3) is 2.97. The predicted molar refractivity (Wildman–Crippen MR) is 96.7 cm³/mol. The van der Waals surface area contributed by atoms with Crippen LogP contribution in [0.1, 0.15) is 26.2 Å². The maximum absolute atomic E-state index is 10.5. The summed E-state index contributed by atoms with van der Waals surface area (Å²) < 4.78 is 17.5. The van der Waals surface area contributed by atoms with Crippen LogP contribution < -0.4 is 4.74 Å². The first kappa shape index (κ1) is 18.0. The average molecular weight is 360 g/mol. The number of benzene rings is 1. The van der Waals surface area contributed by atoms with Crippen LogP contribution in [0.4, 0.5) is 0 Å². The highest BCUT2D eigenvalue weighted by molar-refractivity contribution is 5.21. The Bertz CT molecular complexity index is 639. The van der Waals surface area contributed by atoms with E-state index in [2.05, 4.69) is 6.92 Å². The molecule has 142 valence electrons. The van der Waals surface area contributed by atoms with Crippen LogP contribution in [0, 0.1) is 17.3 Å². The van der Waals surface area contributed by atoms with E-state index in [1.54, 1.807) is 6.08 Å². The van der Waals surface area contributed by atoms with Crippen molar-refractivity contribution in [1.29, 1.82) is 0 Å². The minimum Gasteiger partial charge on any atom is -0.491 e. The predicted octanol–water partition coefficient (Wildman–Crippen LogP) is 2.52. The molecule has 0 aromatic heterocycles. The van der Waals surface area contributed by atoms with Crippen molar-refractivity contribution in [2.24, 2.45) is 17.3 Å². The number of hydrogen-bond acceptors (Lipinski definition) is 5. The molecule has 3 aliphatic rings. The fraction of sp³-hybridized carbons (Fsp3) is 0.619. The minimum absolute atomic E-state index is 0.0125. The Hall–Kier alpha value is -1.40. The van der Waals surface area contributed by atoms with Crippen LogP contribution in [-0.2, 0) is 9.47 Å². The van der Waals surface area contributed by atoms with E-state index in [4.69, 9.17) is 14.2 Å². The molecule has 1 aliphatic heterocycles. The number of para-hydroxylation sites is 1. The van der Waals surface area contributed by atoms with Gasteiger partial charge in [0.2, 0.25) is 0 Å². The molecule has 1 spiro atoms. The molecule has 26 heavy (non-hydrogen) atoms. The quantitative estimate of drug-likeness (QED) is 0.790. The van der Waals surface area contributed by atoms with Gasteiger partial charge in [0, 0.05) is 17.8 Å². The van der Waals surface area contributed by atoms with E-state index in [1.807, 2.05) is 36.4 Å². The Kier molecular flexibility index (Phi) is 4.82. The summed E-state index contributed by atoms with van der Waals surface area (Å²) in [7, 11) is 0. The fourth-order valence-corrected chi connectivity index (χ4v) is 4.92. The van der Waals surface area contributed by atoms with Gasteiger partial charge < -0.3 is 24.4 Å². The largest absolute Gasteiger partial charge is 0.491 e. The van der Waals surface area contributed by atoms with Gasteiger partial charge in [-0.1, -0.05) is 37.3 Å². The van der Waals surface area contributed by atoms with Crippen molar-refractivity contribution in [1.82, 2.24) is 0 Å². The lowest BCUT2D eigenvalue weighted by Crippen LogP contribution is -2.67. The zero-order valence-corrected chi connectivity index (χ0v) is 15.2. The summed E-state index contributed by atoms with van der Waals surface area (Å²) in [5.74, 6) is 0.599. The molecular weight excluding hydrogens is 332 g/mol. The van der Waals surface area contributed by atoms with E-state index >= 15 is 0 Å². The normalized spacial score (nSPS) is 36.7. The topological polar surface area (TPSA) is 68.2 Å². The molecule has 0 unspecified atom stereocenters. The molecule has 2 N–H and O–H groups in total. The van der Waals surface area contributed by atoms with Crippen LogP contribution in [0.3, 0.4) is 0 Å². The van der Waals surface area contributed by atoms with Crippen LogP contribution in [0.15, 0.2) is 42.5 Å². The number of hydrogen-bond donors (Lipinski definition) is 2. The minimum atomic E-state index is -0.705. The van der Waals surface area contributed by atoms with Gasteiger partial charge >= 0.3 is 0 Å². The molecule has 0 radical (unpaired) electrons. The SMILES string of the molecule is C[C@@]12CC[C@H](O)[C@@H](/C=C/[C@H](O)COc3ccccc3)[C@@H]1CC21OCCO1. The highest BCUT2D eigenvalue weighted by Gasteiger charge is 2.69. The van der Waals surface area contributed by atoms with Crippen molar-refractivity contribution >= 4 is 0 Å². The Labute approximate surface area is 154 Å². The molecule has 1 saturated heterocycles. The number of aliphatic hydroxyl groups is 2. The van der Waals surface area contributed by atoms with Crippen molar-refractivity contribution in [2.45, 2.75) is 44.2 Å². The number of rotatable bonds is 5. The van der Waals surface area contributed by atoms with E-state index in [-0.39, 0.29) is 24.0 Å². The van der Waals surface area contributed by atoms with Gasteiger partial charge in [-0.25, -0.2) is 0 Å². The fourth-order valence-electron chi connectivity index (χ4n) is 4.92. The van der Waals surface area contributed by atoms with Gasteiger partial charge in [-0.05, 0) is 30.9 Å². The van der Waals surface area contributed by atoms with Gasteiger partial charge in [0.15, 0.2) is 5.79 Å². The average Bonchev–Trinajstić information content (AvgIpc) is 3.16. The second-order valence-corrected chi connectivity index (χ2v) is 7.94. The van der Waals surface area contributed by atoms with Crippen LogP contribution in [0.5, 0.6) is 5.75 Å². The van der Waals surface area contributed by atoms with Crippen molar-refractivity contribution in [3.63, 3.8) is 0 Å². The second kappa shape index (κ2) is 6.97. The molecule has 3 fully saturated rings. The van der Waals surface area contributed by atoms with Gasteiger partial charge in [0.25, 0.3) is 0 Å². The van der Waals surface area contributed by atoms with Crippen LogP contribution in [0.2, 0.25) is 0 Å². The van der Waals surface area contributed by atoms with E-state index in [0.29, 0.717) is 19.1 Å². The molecule has 1 heterocycles. The van der Waals surface area contributed by atoms with Crippen molar-refractivity contribution < 1.29 is 24.4 Å². The summed E-state index contributed by atoms with van der Waals surface area (Å²) in [5.41, 5.74) is -0.0662. The third-order valence-electron chi connectivity index (χ3n) is 6.52. The van der Waals surface area contributed by atoms with Gasteiger partial charge in [-0.15, -0.1) is 0 Å². The molecule has 1 aromatic rings. The number of aliphatic hydroxyl groups excluding tert-OH is 2. The summed E-state index contributed by atoms with van der Waals surface area (Å²) in [6.07, 6.45) is 5.08. The summed E-state index contributed by atoms with van der Waals surface area (Å²) in [6.45, 7) is 3.72. The smallest absolute Gasteiger partial charge is 0.174 e. The lowest BCUT2D eigenvalue weighted by Gasteiger charge is -2.64. The van der Waals surface area contributed by atoms with Crippen LogP contribution in [-0.4, -0.2) is 48.0 Å². The molecule has 2 saturated carbocycles. The zero-order valence-electron chi connectivity index (χ0n) is 15.2. The Balaban J connectivity index is 1.38. The monoisotopic (exact) mass is 360 g/mol. The summed E-state index contributed by atoms with van der Waals surface area (Å²) in [5, 5.41) is 20.7. The summed E-state index contributed by atoms with van der Waals surface area (Å²) in [6, 6.07) is 9.45.